The summed E-state index contributed by atoms with van der Waals surface area (Å²) in [5.74, 6) is 1.53. The predicted molar refractivity (Wildman–Crippen MR) is 99.5 cm³/mol. The number of nitrogens with zero attached hydrogens (tertiary/aromatic N) is 2. The number of fused-ring (bicyclic) bond motifs is 2. The van der Waals surface area contributed by atoms with Crippen molar-refractivity contribution in [3.05, 3.63) is 72.7 Å². The molecule has 130 valence electrons. The molecule has 0 radical (unpaired) electrons. The van der Waals surface area contributed by atoms with Gasteiger partial charge in [0.15, 0.2) is 6.54 Å². The molecule has 0 saturated carbocycles. The molecule has 0 atom stereocenters. The van der Waals surface area contributed by atoms with Crippen LogP contribution in [-0.2, 0) is 0 Å². The van der Waals surface area contributed by atoms with E-state index in [4.69, 9.17) is 9.47 Å². The van der Waals surface area contributed by atoms with Gasteiger partial charge < -0.3 is 9.47 Å². The van der Waals surface area contributed by atoms with Gasteiger partial charge in [0.05, 0.1) is 38.0 Å². The summed E-state index contributed by atoms with van der Waals surface area (Å²) in [5.41, 5.74) is 1.69. The second-order valence-electron chi connectivity index (χ2n) is 6.77. The van der Waals surface area contributed by atoms with E-state index in [1.807, 2.05) is 70.8 Å². The summed E-state index contributed by atoms with van der Waals surface area (Å²) >= 11 is 0. The Kier molecular flexibility index (Phi) is 4.70. The van der Waals surface area contributed by atoms with Gasteiger partial charge in [-0.3, -0.25) is 9.15 Å². The van der Waals surface area contributed by atoms with E-state index in [1.54, 1.807) is 0 Å². The van der Waals surface area contributed by atoms with Gasteiger partial charge in [-0.25, -0.2) is 0 Å². The maximum absolute atomic E-state index is 5.85. The Bertz CT molecular complexity index is 796. The van der Waals surface area contributed by atoms with Crippen LogP contribution in [0, 0.1) is 13.1 Å². The Balaban J connectivity index is 1.96. The first-order valence-corrected chi connectivity index (χ1v) is 8.26. The van der Waals surface area contributed by atoms with E-state index in [9.17, 15) is 0 Å². The molecular weight excluding hydrogens is 312 g/mol. The van der Waals surface area contributed by atoms with Crippen LogP contribution >= 0.6 is 0 Å². The van der Waals surface area contributed by atoms with Gasteiger partial charge in [0.1, 0.15) is 0 Å². The highest BCUT2D eigenvalue weighted by atomic mass is 16.7. The minimum absolute atomic E-state index is 0.132. The van der Waals surface area contributed by atoms with E-state index in [0.29, 0.717) is 6.54 Å². The second kappa shape index (κ2) is 6.93. The molecule has 2 aromatic rings. The minimum Gasteiger partial charge on any atom is -0.504 e. The van der Waals surface area contributed by atoms with Crippen LogP contribution in [0.15, 0.2) is 48.5 Å². The molecule has 4 heteroatoms. The highest BCUT2D eigenvalue weighted by Gasteiger charge is 2.31. The van der Waals surface area contributed by atoms with Crippen molar-refractivity contribution >= 4 is 13.4 Å². The van der Waals surface area contributed by atoms with Crippen LogP contribution < -0.4 is 9.47 Å². The van der Waals surface area contributed by atoms with Crippen molar-refractivity contribution in [2.75, 3.05) is 13.3 Å². The zero-order valence-corrected chi connectivity index (χ0v) is 14.8. The van der Waals surface area contributed by atoms with Crippen molar-refractivity contribution in [1.82, 2.24) is 0 Å². The summed E-state index contributed by atoms with van der Waals surface area (Å²) in [6.45, 7) is 17.4. The van der Waals surface area contributed by atoms with Crippen molar-refractivity contribution in [3.63, 3.8) is 0 Å². The van der Waals surface area contributed by atoms with E-state index < -0.39 is 0 Å². The molecular formula is C21H24N2O2. The third-order valence-electron chi connectivity index (χ3n) is 4.25. The van der Waals surface area contributed by atoms with Crippen molar-refractivity contribution in [3.8, 4) is 11.5 Å². The SMILES string of the molecule is C=[N+]1[CH-]c2ccccc2OCOc2ccccc2[CH-][N+](=C)C(C)(C)C1. The number of hydrogen-bond donors (Lipinski definition) is 0. The van der Waals surface area contributed by atoms with Gasteiger partial charge in [-0.05, 0) is 11.1 Å². The van der Waals surface area contributed by atoms with Gasteiger partial charge in [0.25, 0.3) is 0 Å². The molecule has 0 bridgehead atoms. The first kappa shape index (κ1) is 17.0. The summed E-state index contributed by atoms with van der Waals surface area (Å²) in [6, 6.07) is 15.7. The first-order chi connectivity index (χ1) is 12.0. The van der Waals surface area contributed by atoms with Crippen LogP contribution in [-0.4, -0.2) is 41.5 Å². The quantitative estimate of drug-likeness (QED) is 0.544. The molecule has 1 heterocycles. The highest BCUT2D eigenvalue weighted by molar-refractivity contribution is 5.39. The fourth-order valence-electron chi connectivity index (χ4n) is 2.77. The minimum atomic E-state index is -0.227. The summed E-state index contributed by atoms with van der Waals surface area (Å²) in [6.07, 6.45) is 0. The standard InChI is InChI=1S/C21H24N2O2/c1-21(2)15-22(3)13-17-9-5-7-11-19(17)24-16-25-20-12-8-6-10-18(20)14-23(21)4/h5-14H,3-4,15-16H2,1-2H3. The molecule has 1 aliphatic heterocycles. The number of ether oxygens (including phenoxy) is 2. The summed E-state index contributed by atoms with van der Waals surface area (Å²) in [5, 5.41) is 0. The lowest BCUT2D eigenvalue weighted by Gasteiger charge is -2.24. The zero-order valence-electron chi connectivity index (χ0n) is 14.8. The van der Waals surface area contributed by atoms with Gasteiger partial charge in [0.2, 0.25) is 12.3 Å². The lowest BCUT2D eigenvalue weighted by molar-refractivity contribution is -0.612. The molecule has 0 amide bonds. The molecule has 0 aliphatic carbocycles. The van der Waals surface area contributed by atoms with Crippen LogP contribution in [0.25, 0.3) is 0 Å². The third kappa shape index (κ3) is 3.97. The van der Waals surface area contributed by atoms with Crippen molar-refractivity contribution in [2.45, 2.75) is 19.4 Å². The Morgan fingerprint density at radius 1 is 0.880 bits per heavy atom. The lowest BCUT2D eigenvalue weighted by atomic mass is 10.0. The van der Waals surface area contributed by atoms with E-state index in [-0.39, 0.29) is 12.3 Å². The third-order valence-corrected chi connectivity index (χ3v) is 4.25. The average Bonchev–Trinajstić information content (AvgIpc) is 2.57. The van der Waals surface area contributed by atoms with Crippen molar-refractivity contribution in [1.29, 1.82) is 0 Å². The van der Waals surface area contributed by atoms with Crippen molar-refractivity contribution < 1.29 is 18.6 Å². The predicted octanol–water partition coefficient (Wildman–Crippen LogP) is 3.34. The van der Waals surface area contributed by atoms with Crippen LogP contribution in [0.1, 0.15) is 25.0 Å². The molecule has 0 aromatic heterocycles. The zero-order chi connectivity index (χ0) is 17.9. The Labute approximate surface area is 149 Å². The molecule has 0 spiro atoms. The number of benzene rings is 2. The van der Waals surface area contributed by atoms with Gasteiger partial charge in [-0.1, -0.05) is 24.3 Å². The topological polar surface area (TPSA) is 24.5 Å². The number of hydrogen-bond acceptors (Lipinski definition) is 2. The van der Waals surface area contributed by atoms with E-state index >= 15 is 0 Å². The van der Waals surface area contributed by atoms with Crippen LogP contribution in [0.3, 0.4) is 0 Å². The fraction of sp³-hybridized carbons (Fsp3) is 0.238. The molecule has 1 aliphatic rings. The molecule has 0 saturated heterocycles. The maximum atomic E-state index is 5.85. The normalized spacial score (nSPS) is 17.0. The largest absolute Gasteiger partial charge is 0.504 e. The summed E-state index contributed by atoms with van der Waals surface area (Å²) in [7, 11) is 0. The van der Waals surface area contributed by atoms with E-state index in [1.165, 1.54) is 0 Å². The maximum Gasteiger partial charge on any atom is 0.210 e. The summed E-state index contributed by atoms with van der Waals surface area (Å²) < 4.78 is 15.6. The van der Waals surface area contributed by atoms with Gasteiger partial charge in [-0.2, -0.15) is 0 Å². The summed E-state index contributed by atoms with van der Waals surface area (Å²) in [4.78, 5) is 0. The Hall–Kier alpha value is -2.88. The Morgan fingerprint density at radius 2 is 1.40 bits per heavy atom. The number of para-hydroxylation sites is 2. The Morgan fingerprint density at radius 3 is 2.00 bits per heavy atom. The number of rotatable bonds is 0. The first-order valence-electron chi connectivity index (χ1n) is 8.26. The molecule has 0 unspecified atom stereocenters. The van der Waals surface area contributed by atoms with Gasteiger partial charge in [0, 0.05) is 13.8 Å². The van der Waals surface area contributed by atoms with E-state index in [0.717, 1.165) is 22.6 Å². The fourth-order valence-corrected chi connectivity index (χ4v) is 2.77. The van der Waals surface area contributed by atoms with Crippen LogP contribution in [0.4, 0.5) is 0 Å². The monoisotopic (exact) mass is 336 g/mol. The highest BCUT2D eigenvalue weighted by Crippen LogP contribution is 2.26. The average molecular weight is 336 g/mol. The van der Waals surface area contributed by atoms with Crippen LogP contribution in [0.2, 0.25) is 0 Å². The lowest BCUT2D eigenvalue weighted by Crippen LogP contribution is -2.41. The van der Waals surface area contributed by atoms with Crippen LogP contribution in [0.5, 0.6) is 11.5 Å². The van der Waals surface area contributed by atoms with Gasteiger partial charge in [-0.15, -0.1) is 24.3 Å². The molecule has 0 fully saturated rings. The molecule has 2 aromatic carbocycles. The molecule has 3 rings (SSSR count). The van der Waals surface area contributed by atoms with E-state index in [2.05, 4.69) is 27.3 Å². The molecule has 4 nitrogen and oxygen atoms in total. The second-order valence-corrected chi connectivity index (χ2v) is 6.77. The van der Waals surface area contributed by atoms with Crippen molar-refractivity contribution in [2.24, 2.45) is 0 Å². The van der Waals surface area contributed by atoms with Gasteiger partial charge >= 0.3 is 0 Å². The smallest absolute Gasteiger partial charge is 0.210 e. The molecule has 0 N–H and O–H groups in total. The molecule has 25 heavy (non-hydrogen) atoms.